The van der Waals surface area contributed by atoms with Crippen LogP contribution in [0.15, 0.2) is 29.6 Å². The first-order valence-electron chi connectivity index (χ1n) is 9.88. The number of hydrogen-bond donors (Lipinski definition) is 0. The molecule has 0 N–H and O–H groups in total. The highest BCUT2D eigenvalue weighted by Gasteiger charge is 2.29. The first-order chi connectivity index (χ1) is 13.1. The zero-order chi connectivity index (χ0) is 18.8. The van der Waals surface area contributed by atoms with Gasteiger partial charge in [0.2, 0.25) is 5.91 Å². The van der Waals surface area contributed by atoms with Crippen molar-refractivity contribution in [3.05, 3.63) is 40.9 Å². The summed E-state index contributed by atoms with van der Waals surface area (Å²) in [6.45, 7) is 9.34. The molecule has 0 bridgehead atoms. The quantitative estimate of drug-likeness (QED) is 0.786. The molecule has 2 aromatic rings. The van der Waals surface area contributed by atoms with Crippen molar-refractivity contribution in [3.8, 4) is 0 Å². The highest BCUT2D eigenvalue weighted by atomic mass is 32.1. The molecule has 1 atom stereocenters. The molecule has 1 amide bonds. The van der Waals surface area contributed by atoms with Gasteiger partial charge < -0.3 is 0 Å². The third-order valence-electron chi connectivity index (χ3n) is 5.63. The lowest BCUT2D eigenvalue weighted by Gasteiger charge is -2.23. The van der Waals surface area contributed by atoms with E-state index in [4.69, 9.17) is 4.98 Å². The highest BCUT2D eigenvalue weighted by molar-refractivity contribution is 7.14. The van der Waals surface area contributed by atoms with Gasteiger partial charge in [0, 0.05) is 38.0 Å². The number of anilines is 2. The Bertz CT molecular complexity index is 782. The molecule has 0 spiro atoms. The molecule has 1 aromatic carbocycles. The van der Waals surface area contributed by atoms with Crippen LogP contribution < -0.4 is 4.90 Å². The summed E-state index contributed by atoms with van der Waals surface area (Å²) in [6.07, 6.45) is 3.97. The summed E-state index contributed by atoms with van der Waals surface area (Å²) in [4.78, 5) is 23.9. The van der Waals surface area contributed by atoms with E-state index in [2.05, 4.69) is 22.1 Å². The van der Waals surface area contributed by atoms with Crippen molar-refractivity contribution in [1.82, 2.24) is 14.8 Å². The summed E-state index contributed by atoms with van der Waals surface area (Å²) in [5.74, 6) is -0.00461. The van der Waals surface area contributed by atoms with Crippen LogP contribution in [-0.4, -0.2) is 52.9 Å². The Morgan fingerprint density at radius 2 is 1.96 bits per heavy atom. The lowest BCUT2D eigenvalue weighted by molar-refractivity contribution is -0.115. The smallest absolute Gasteiger partial charge is 0.230 e. The van der Waals surface area contributed by atoms with Crippen LogP contribution in [0.3, 0.4) is 0 Å². The molecule has 6 heteroatoms. The van der Waals surface area contributed by atoms with Crippen LogP contribution in [0.1, 0.15) is 37.4 Å². The van der Waals surface area contributed by atoms with E-state index in [9.17, 15) is 4.79 Å². The summed E-state index contributed by atoms with van der Waals surface area (Å²) in [5, 5.41) is 2.86. The zero-order valence-corrected chi connectivity index (χ0v) is 17.0. The fourth-order valence-electron chi connectivity index (χ4n) is 4.18. The van der Waals surface area contributed by atoms with E-state index in [1.54, 1.807) is 23.2 Å². The Balaban J connectivity index is 1.43. The van der Waals surface area contributed by atoms with Crippen LogP contribution in [0.4, 0.5) is 10.8 Å². The van der Waals surface area contributed by atoms with Gasteiger partial charge in [0.1, 0.15) is 0 Å². The van der Waals surface area contributed by atoms with Crippen molar-refractivity contribution in [2.45, 2.75) is 45.7 Å². The molecule has 5 nitrogen and oxygen atoms in total. The molecule has 0 saturated carbocycles. The van der Waals surface area contributed by atoms with Gasteiger partial charge in [-0.05, 0) is 51.4 Å². The van der Waals surface area contributed by atoms with Crippen molar-refractivity contribution in [3.63, 3.8) is 0 Å². The maximum atomic E-state index is 12.3. The van der Waals surface area contributed by atoms with Gasteiger partial charge in [-0.3, -0.25) is 19.5 Å². The van der Waals surface area contributed by atoms with Crippen LogP contribution in [0, 0.1) is 6.92 Å². The molecule has 0 radical (unpaired) electrons. The lowest BCUT2D eigenvalue weighted by Crippen LogP contribution is -2.35. The average molecular weight is 385 g/mol. The maximum absolute atomic E-state index is 12.3. The predicted octanol–water partition coefficient (Wildman–Crippen LogP) is 3.81. The molecule has 0 aliphatic carbocycles. The minimum Gasteiger partial charge on any atom is -0.299 e. The largest absolute Gasteiger partial charge is 0.299 e. The molecule has 3 heterocycles. The van der Waals surface area contributed by atoms with Gasteiger partial charge >= 0.3 is 0 Å². The van der Waals surface area contributed by atoms with Gasteiger partial charge in [-0.1, -0.05) is 17.7 Å². The van der Waals surface area contributed by atoms with Crippen molar-refractivity contribution in [1.29, 1.82) is 0 Å². The van der Waals surface area contributed by atoms with Crippen LogP contribution in [-0.2, 0) is 11.3 Å². The number of thiazole rings is 1. The molecule has 2 aliphatic rings. The first kappa shape index (κ1) is 18.6. The number of rotatable bonds is 5. The van der Waals surface area contributed by atoms with Gasteiger partial charge in [0.25, 0.3) is 0 Å². The summed E-state index contributed by atoms with van der Waals surface area (Å²) in [5.41, 5.74) is 3.13. The fraction of sp³-hybridized carbons (Fsp3) is 0.524. The second-order valence-corrected chi connectivity index (χ2v) is 8.57. The van der Waals surface area contributed by atoms with Crippen molar-refractivity contribution in [2.24, 2.45) is 0 Å². The molecule has 2 fully saturated rings. The second kappa shape index (κ2) is 8.09. The molecule has 144 valence electrons. The number of likely N-dealkylation sites (tertiary alicyclic amines) is 2. The topological polar surface area (TPSA) is 39.7 Å². The number of hydrogen-bond acceptors (Lipinski definition) is 5. The van der Waals surface area contributed by atoms with E-state index < -0.39 is 0 Å². The van der Waals surface area contributed by atoms with Gasteiger partial charge in [-0.15, -0.1) is 11.3 Å². The molecule has 2 saturated heterocycles. The first-order valence-corrected chi connectivity index (χ1v) is 10.8. The average Bonchev–Trinajstić information content (AvgIpc) is 3.39. The molecule has 1 unspecified atom stereocenters. The Morgan fingerprint density at radius 3 is 2.67 bits per heavy atom. The van der Waals surface area contributed by atoms with Gasteiger partial charge in [0.05, 0.1) is 11.4 Å². The van der Waals surface area contributed by atoms with Crippen LogP contribution in [0.2, 0.25) is 0 Å². The Hall–Kier alpha value is -1.76. The molecule has 1 aromatic heterocycles. The van der Waals surface area contributed by atoms with E-state index >= 15 is 0 Å². The SMILES string of the molecule is CC(=O)N(c1ccc(C)cc1)c1nc(CN2CCC(N3CCCC3)C2)cs1. The van der Waals surface area contributed by atoms with Crippen molar-refractivity contribution < 1.29 is 4.79 Å². The number of carbonyl (C=O) groups is 1. The predicted molar refractivity (Wildman–Crippen MR) is 111 cm³/mol. The fourth-order valence-corrected chi connectivity index (χ4v) is 5.06. The number of benzene rings is 1. The number of aromatic nitrogens is 1. The van der Waals surface area contributed by atoms with Gasteiger partial charge in [-0.25, -0.2) is 4.98 Å². The van der Waals surface area contributed by atoms with E-state index in [1.807, 2.05) is 24.3 Å². The van der Waals surface area contributed by atoms with E-state index in [1.165, 1.54) is 37.9 Å². The number of aryl methyl sites for hydroxylation is 1. The Labute approximate surface area is 165 Å². The monoisotopic (exact) mass is 384 g/mol. The number of amides is 1. The molecular formula is C21H28N4OS. The third-order valence-corrected chi connectivity index (χ3v) is 6.50. The summed E-state index contributed by atoms with van der Waals surface area (Å²) >= 11 is 1.55. The summed E-state index contributed by atoms with van der Waals surface area (Å²) < 4.78 is 0. The third kappa shape index (κ3) is 4.23. The van der Waals surface area contributed by atoms with Crippen molar-refractivity contribution in [2.75, 3.05) is 31.1 Å². The highest BCUT2D eigenvalue weighted by Crippen LogP contribution is 2.30. The van der Waals surface area contributed by atoms with Crippen LogP contribution in [0.5, 0.6) is 0 Å². The molecule has 27 heavy (non-hydrogen) atoms. The van der Waals surface area contributed by atoms with Crippen molar-refractivity contribution >= 4 is 28.1 Å². The number of nitrogens with zero attached hydrogens (tertiary/aromatic N) is 4. The summed E-state index contributed by atoms with van der Waals surface area (Å²) in [6, 6.07) is 8.75. The minimum atomic E-state index is -0.00461. The number of carbonyl (C=O) groups excluding carboxylic acids is 1. The Morgan fingerprint density at radius 1 is 1.22 bits per heavy atom. The normalized spacial score (nSPS) is 21.0. The van der Waals surface area contributed by atoms with E-state index in [0.29, 0.717) is 6.04 Å². The molecule has 2 aliphatic heterocycles. The van der Waals surface area contributed by atoms with E-state index in [0.717, 1.165) is 36.1 Å². The van der Waals surface area contributed by atoms with Crippen LogP contribution >= 0.6 is 11.3 Å². The summed E-state index contributed by atoms with van der Waals surface area (Å²) in [7, 11) is 0. The van der Waals surface area contributed by atoms with E-state index in [-0.39, 0.29) is 5.91 Å². The second-order valence-electron chi connectivity index (χ2n) is 7.73. The Kier molecular flexibility index (Phi) is 5.57. The molecule has 4 rings (SSSR count). The van der Waals surface area contributed by atoms with Gasteiger partial charge in [-0.2, -0.15) is 0 Å². The maximum Gasteiger partial charge on any atom is 0.230 e. The van der Waals surface area contributed by atoms with Gasteiger partial charge in [0.15, 0.2) is 5.13 Å². The lowest BCUT2D eigenvalue weighted by atomic mass is 10.2. The van der Waals surface area contributed by atoms with Crippen LogP contribution in [0.25, 0.3) is 0 Å². The molecular weight excluding hydrogens is 356 g/mol. The standard InChI is InChI=1S/C21H28N4OS/c1-16-5-7-19(8-6-16)25(17(2)26)21-22-18(15-27-21)13-23-12-9-20(14-23)24-10-3-4-11-24/h5-8,15,20H,3-4,9-14H2,1-2H3. The zero-order valence-electron chi connectivity index (χ0n) is 16.2. The minimum absolute atomic E-state index is 0.00461.